The molecule has 1 aliphatic rings. The van der Waals surface area contributed by atoms with Gasteiger partial charge in [-0.25, -0.2) is 4.68 Å². The summed E-state index contributed by atoms with van der Waals surface area (Å²) >= 11 is 0. The number of hydrogen-bond donors (Lipinski definition) is 1. The van der Waals surface area contributed by atoms with Crippen LogP contribution in [-0.2, 0) is 6.54 Å². The molecule has 1 aliphatic heterocycles. The largest absolute Gasteiger partial charge is 0.370 e. The molecule has 2 N–H and O–H groups in total. The number of aromatic nitrogens is 2. The lowest BCUT2D eigenvalue weighted by molar-refractivity contribution is 0.437. The van der Waals surface area contributed by atoms with E-state index in [-0.39, 0.29) is 11.6 Å². The van der Waals surface area contributed by atoms with Crippen molar-refractivity contribution < 1.29 is 0 Å². The Morgan fingerprint density at radius 1 is 1.50 bits per heavy atom. The molecule has 1 fully saturated rings. The third-order valence-electron chi connectivity index (χ3n) is 3.46. The second-order valence-corrected chi connectivity index (χ2v) is 5.38. The summed E-state index contributed by atoms with van der Waals surface area (Å²) in [6, 6.07) is 1.61. The Labute approximate surface area is 108 Å². The summed E-state index contributed by atoms with van der Waals surface area (Å²) in [7, 11) is 0. The maximum absolute atomic E-state index is 11.9. The van der Waals surface area contributed by atoms with Gasteiger partial charge in [0, 0.05) is 25.2 Å². The zero-order valence-electron chi connectivity index (χ0n) is 11.2. The van der Waals surface area contributed by atoms with Crippen LogP contribution in [0, 0.1) is 5.92 Å². The highest BCUT2D eigenvalue weighted by atomic mass is 16.1. The Hall–Kier alpha value is -1.36. The van der Waals surface area contributed by atoms with E-state index in [0.29, 0.717) is 6.54 Å². The summed E-state index contributed by atoms with van der Waals surface area (Å²) in [6.07, 6.45) is 4.14. The first-order valence-corrected chi connectivity index (χ1v) is 6.64. The molecule has 0 bridgehead atoms. The van der Waals surface area contributed by atoms with Gasteiger partial charge in [-0.1, -0.05) is 6.92 Å². The van der Waals surface area contributed by atoms with Crippen LogP contribution >= 0.6 is 0 Å². The van der Waals surface area contributed by atoms with E-state index in [1.807, 2.05) is 6.92 Å². The van der Waals surface area contributed by atoms with Crippen molar-refractivity contribution >= 4 is 5.69 Å². The molecule has 5 nitrogen and oxygen atoms in total. The molecule has 2 rings (SSSR count). The Morgan fingerprint density at radius 3 is 2.72 bits per heavy atom. The fraction of sp³-hybridized carbons (Fsp3) is 0.692. The minimum Gasteiger partial charge on any atom is -0.370 e. The molecule has 1 aromatic rings. The number of rotatable bonds is 3. The minimum absolute atomic E-state index is 0.0584. The monoisotopic (exact) mass is 250 g/mol. The molecule has 18 heavy (non-hydrogen) atoms. The van der Waals surface area contributed by atoms with Crippen molar-refractivity contribution in [3.05, 3.63) is 22.6 Å². The molecule has 0 spiro atoms. The molecule has 1 saturated heterocycles. The number of piperidine rings is 1. The maximum Gasteiger partial charge on any atom is 0.268 e. The van der Waals surface area contributed by atoms with Crippen LogP contribution in [0.3, 0.4) is 0 Å². The average Bonchev–Trinajstić information content (AvgIpc) is 2.32. The Kier molecular flexibility index (Phi) is 4.01. The minimum atomic E-state index is -0.0663. The van der Waals surface area contributed by atoms with Gasteiger partial charge in [0.05, 0.1) is 18.4 Å². The molecule has 0 aromatic carbocycles. The van der Waals surface area contributed by atoms with Crippen molar-refractivity contribution in [2.24, 2.45) is 11.7 Å². The maximum atomic E-state index is 11.9. The van der Waals surface area contributed by atoms with E-state index >= 15 is 0 Å². The number of nitrogens with two attached hydrogens (primary N) is 1. The van der Waals surface area contributed by atoms with Gasteiger partial charge in [0.1, 0.15) is 0 Å². The van der Waals surface area contributed by atoms with Crippen LogP contribution in [0.1, 0.15) is 26.7 Å². The zero-order chi connectivity index (χ0) is 13.1. The van der Waals surface area contributed by atoms with E-state index in [1.54, 1.807) is 12.3 Å². The SMILES string of the molecule is CC1CCN(c2cnn(C[C@@H](C)N)c(=O)c2)CC1. The van der Waals surface area contributed by atoms with E-state index in [1.165, 1.54) is 17.5 Å². The van der Waals surface area contributed by atoms with Crippen molar-refractivity contribution in [2.45, 2.75) is 39.3 Å². The number of nitrogens with zero attached hydrogens (tertiary/aromatic N) is 3. The van der Waals surface area contributed by atoms with Crippen molar-refractivity contribution in [3.63, 3.8) is 0 Å². The lowest BCUT2D eigenvalue weighted by Crippen LogP contribution is -2.36. The molecule has 0 saturated carbocycles. The van der Waals surface area contributed by atoms with E-state index < -0.39 is 0 Å². The molecular weight excluding hydrogens is 228 g/mol. The molecular formula is C13H22N4O. The van der Waals surface area contributed by atoms with Crippen molar-refractivity contribution in [3.8, 4) is 0 Å². The van der Waals surface area contributed by atoms with Gasteiger partial charge in [0.15, 0.2) is 0 Å². The van der Waals surface area contributed by atoms with Crippen LogP contribution in [0.5, 0.6) is 0 Å². The lowest BCUT2D eigenvalue weighted by Gasteiger charge is -2.31. The van der Waals surface area contributed by atoms with Gasteiger partial charge in [-0.15, -0.1) is 0 Å². The highest BCUT2D eigenvalue weighted by Crippen LogP contribution is 2.20. The smallest absolute Gasteiger partial charge is 0.268 e. The van der Waals surface area contributed by atoms with Gasteiger partial charge in [-0.2, -0.15) is 5.10 Å². The second kappa shape index (κ2) is 5.52. The van der Waals surface area contributed by atoms with Gasteiger partial charge in [0.2, 0.25) is 0 Å². The predicted octanol–water partition coefficient (Wildman–Crippen LogP) is 0.827. The topological polar surface area (TPSA) is 64.2 Å². The van der Waals surface area contributed by atoms with Gasteiger partial charge in [-0.05, 0) is 25.7 Å². The normalized spacial score (nSPS) is 18.9. The van der Waals surface area contributed by atoms with Gasteiger partial charge in [0.25, 0.3) is 5.56 Å². The van der Waals surface area contributed by atoms with Crippen molar-refractivity contribution in [2.75, 3.05) is 18.0 Å². The Balaban J connectivity index is 2.11. The second-order valence-electron chi connectivity index (χ2n) is 5.38. The summed E-state index contributed by atoms with van der Waals surface area (Å²) in [6.45, 7) is 6.64. The van der Waals surface area contributed by atoms with E-state index in [9.17, 15) is 4.79 Å². The summed E-state index contributed by atoms with van der Waals surface area (Å²) in [5.74, 6) is 0.785. The first-order chi connectivity index (χ1) is 8.56. The van der Waals surface area contributed by atoms with E-state index in [0.717, 1.165) is 24.7 Å². The quantitative estimate of drug-likeness (QED) is 0.863. The van der Waals surface area contributed by atoms with Crippen LogP contribution in [0.15, 0.2) is 17.1 Å². The Bertz CT molecular complexity index is 447. The molecule has 1 atom stereocenters. The fourth-order valence-corrected chi connectivity index (χ4v) is 2.27. The van der Waals surface area contributed by atoms with Crippen LogP contribution in [-0.4, -0.2) is 28.9 Å². The predicted molar refractivity (Wildman–Crippen MR) is 72.8 cm³/mol. The Morgan fingerprint density at radius 2 is 2.17 bits per heavy atom. The van der Waals surface area contributed by atoms with Gasteiger partial charge >= 0.3 is 0 Å². The first kappa shape index (κ1) is 13.1. The first-order valence-electron chi connectivity index (χ1n) is 6.64. The third-order valence-corrected chi connectivity index (χ3v) is 3.46. The van der Waals surface area contributed by atoms with Crippen LogP contribution in [0.25, 0.3) is 0 Å². The van der Waals surface area contributed by atoms with E-state index in [2.05, 4.69) is 16.9 Å². The lowest BCUT2D eigenvalue weighted by atomic mass is 9.99. The molecule has 0 aliphatic carbocycles. The average molecular weight is 250 g/mol. The molecule has 5 heteroatoms. The van der Waals surface area contributed by atoms with Gasteiger partial charge in [-0.3, -0.25) is 4.79 Å². The zero-order valence-corrected chi connectivity index (χ0v) is 11.2. The molecule has 1 aromatic heterocycles. The van der Waals surface area contributed by atoms with Crippen LogP contribution < -0.4 is 16.2 Å². The van der Waals surface area contributed by atoms with Crippen molar-refractivity contribution in [1.29, 1.82) is 0 Å². The third kappa shape index (κ3) is 3.10. The summed E-state index contributed by atoms with van der Waals surface area (Å²) in [5.41, 5.74) is 6.55. The molecule has 2 heterocycles. The standard InChI is InChI=1S/C13H22N4O/c1-10-3-5-16(6-4-10)12-7-13(18)17(15-8-12)9-11(2)14/h7-8,10-11H,3-6,9,14H2,1-2H3/t11-/m1/s1. The highest BCUT2D eigenvalue weighted by molar-refractivity contribution is 5.43. The molecule has 0 radical (unpaired) electrons. The fourth-order valence-electron chi connectivity index (χ4n) is 2.27. The summed E-state index contributed by atoms with van der Waals surface area (Å²) < 4.78 is 1.43. The van der Waals surface area contributed by atoms with Crippen molar-refractivity contribution in [1.82, 2.24) is 9.78 Å². The highest BCUT2D eigenvalue weighted by Gasteiger charge is 2.17. The van der Waals surface area contributed by atoms with Crippen LogP contribution in [0.4, 0.5) is 5.69 Å². The molecule has 0 unspecified atom stereocenters. The summed E-state index contributed by atoms with van der Waals surface area (Å²) in [5, 5.41) is 4.20. The number of hydrogen-bond acceptors (Lipinski definition) is 4. The molecule has 0 amide bonds. The summed E-state index contributed by atoms with van der Waals surface area (Å²) in [4.78, 5) is 14.1. The van der Waals surface area contributed by atoms with Gasteiger partial charge < -0.3 is 10.6 Å². The van der Waals surface area contributed by atoms with Crippen LogP contribution in [0.2, 0.25) is 0 Å². The number of anilines is 1. The van der Waals surface area contributed by atoms with E-state index in [4.69, 9.17) is 5.73 Å². The molecule has 100 valence electrons.